The molecule has 3 aromatic rings. The summed E-state index contributed by atoms with van der Waals surface area (Å²) in [7, 11) is 0. The first-order valence-electron chi connectivity index (χ1n) is 11.0. The second kappa shape index (κ2) is 11.9. The van der Waals surface area contributed by atoms with Gasteiger partial charge in [-0.2, -0.15) is 24.5 Å². The van der Waals surface area contributed by atoms with Gasteiger partial charge in [0.25, 0.3) is 5.78 Å². The summed E-state index contributed by atoms with van der Waals surface area (Å²) in [5.41, 5.74) is 1.79. The molecule has 0 radical (unpaired) electrons. The number of carbonyl (C=O) groups is 2. The fraction of sp³-hybridized carbons (Fsp3) is 0.308. The Bertz CT molecular complexity index is 1140. The number of aryl methyl sites for hydroxylation is 1. The van der Waals surface area contributed by atoms with Gasteiger partial charge in [-0.25, -0.2) is 0 Å². The van der Waals surface area contributed by atoms with Crippen molar-refractivity contribution in [2.45, 2.75) is 45.6 Å². The molecule has 0 aliphatic heterocycles. The predicted molar refractivity (Wildman–Crippen MR) is 126 cm³/mol. The molecule has 9 heteroatoms. The molecule has 1 atom stereocenters. The lowest BCUT2D eigenvalue weighted by atomic mass is 9.99. The Balaban J connectivity index is 1.95. The first-order chi connectivity index (χ1) is 16.7. The highest BCUT2D eigenvalue weighted by Crippen LogP contribution is 2.36. The quantitative estimate of drug-likeness (QED) is 0.210. The summed E-state index contributed by atoms with van der Waals surface area (Å²) in [5.74, 6) is -2.49. The molecule has 0 saturated heterocycles. The third-order valence-corrected chi connectivity index (χ3v) is 5.89. The minimum Gasteiger partial charge on any atom is -0.489 e. The minimum absolute atomic E-state index is 0.0102. The highest BCUT2D eigenvalue weighted by molar-refractivity contribution is 7.07. The van der Waals surface area contributed by atoms with Crippen LogP contribution in [-0.4, -0.2) is 24.5 Å². The molecule has 186 valence electrons. The minimum atomic E-state index is -5.08. The molecule has 0 spiro atoms. The fourth-order valence-corrected chi connectivity index (χ4v) is 4.09. The molecule has 1 unspecified atom stereocenters. The molecule has 5 nitrogen and oxygen atoms in total. The van der Waals surface area contributed by atoms with Crippen molar-refractivity contribution in [2.24, 2.45) is 0 Å². The molecule has 0 saturated carbocycles. The summed E-state index contributed by atoms with van der Waals surface area (Å²) in [4.78, 5) is 24.1. The predicted octanol–water partition coefficient (Wildman–Crippen LogP) is 6.84. The Labute approximate surface area is 205 Å². The van der Waals surface area contributed by atoms with Crippen LogP contribution in [0.2, 0.25) is 0 Å². The Kier molecular flexibility index (Phi) is 8.92. The zero-order chi connectivity index (χ0) is 25.4. The van der Waals surface area contributed by atoms with E-state index in [-0.39, 0.29) is 37.6 Å². The Hall–Kier alpha value is -3.33. The van der Waals surface area contributed by atoms with Crippen molar-refractivity contribution in [1.82, 2.24) is 0 Å². The zero-order valence-electron chi connectivity index (χ0n) is 19.3. The standard InChI is InChI=1S/C26H25F3O5S/c1-3-32-24(30)11-10-22(20-7-5-4-6-17(20)2)34-23-14-19(33-15-18-12-13-35-16-18)8-9-21(23)25(31)26(27,28)29/h4-9,12-14,16,22H,3,10-11,15H2,1-2H3. The highest BCUT2D eigenvalue weighted by atomic mass is 32.1. The second-order valence-corrected chi connectivity index (χ2v) is 8.49. The lowest BCUT2D eigenvalue weighted by molar-refractivity contribution is -0.143. The summed E-state index contributed by atoms with van der Waals surface area (Å²) in [5, 5.41) is 3.78. The lowest BCUT2D eigenvalue weighted by Gasteiger charge is -2.23. The van der Waals surface area contributed by atoms with Crippen LogP contribution in [0, 0.1) is 6.92 Å². The van der Waals surface area contributed by atoms with Gasteiger partial charge in [-0.15, -0.1) is 0 Å². The number of carbonyl (C=O) groups excluding carboxylic acids is 2. The molecule has 0 bridgehead atoms. The van der Waals surface area contributed by atoms with E-state index in [1.54, 1.807) is 19.1 Å². The Morgan fingerprint density at radius 3 is 2.51 bits per heavy atom. The molecular weight excluding hydrogens is 481 g/mol. The lowest BCUT2D eigenvalue weighted by Crippen LogP contribution is -2.24. The molecule has 3 rings (SSSR count). The van der Waals surface area contributed by atoms with Crippen molar-refractivity contribution in [2.75, 3.05) is 6.61 Å². The number of halogens is 3. The largest absolute Gasteiger partial charge is 0.489 e. The number of hydrogen-bond acceptors (Lipinski definition) is 6. The first kappa shape index (κ1) is 26.3. The average Bonchev–Trinajstić information content (AvgIpc) is 3.34. The topological polar surface area (TPSA) is 61.8 Å². The third-order valence-electron chi connectivity index (χ3n) is 5.16. The van der Waals surface area contributed by atoms with E-state index in [9.17, 15) is 22.8 Å². The van der Waals surface area contributed by atoms with Crippen molar-refractivity contribution in [1.29, 1.82) is 0 Å². The van der Waals surface area contributed by atoms with Crippen LogP contribution in [0.5, 0.6) is 11.5 Å². The third kappa shape index (κ3) is 7.32. The van der Waals surface area contributed by atoms with Gasteiger partial charge >= 0.3 is 12.1 Å². The SMILES string of the molecule is CCOC(=O)CCC(Oc1cc(OCc2ccsc2)ccc1C(=O)C(F)(F)F)c1ccccc1C. The average molecular weight is 507 g/mol. The van der Waals surface area contributed by atoms with Gasteiger partial charge in [-0.05, 0) is 65.9 Å². The number of esters is 1. The molecule has 2 aromatic carbocycles. The number of Topliss-reactive ketones (excluding diaryl/α,β-unsaturated/α-hetero) is 1. The van der Waals surface area contributed by atoms with Gasteiger partial charge < -0.3 is 14.2 Å². The molecule has 35 heavy (non-hydrogen) atoms. The van der Waals surface area contributed by atoms with Gasteiger partial charge in [-0.1, -0.05) is 24.3 Å². The van der Waals surface area contributed by atoms with Crippen molar-refractivity contribution in [3.63, 3.8) is 0 Å². The van der Waals surface area contributed by atoms with E-state index >= 15 is 0 Å². The van der Waals surface area contributed by atoms with Crippen LogP contribution in [0.3, 0.4) is 0 Å². The smallest absolute Gasteiger partial charge is 0.455 e. The van der Waals surface area contributed by atoms with Crippen molar-refractivity contribution >= 4 is 23.1 Å². The highest BCUT2D eigenvalue weighted by Gasteiger charge is 2.41. The second-order valence-electron chi connectivity index (χ2n) is 7.71. The molecule has 0 aliphatic carbocycles. The van der Waals surface area contributed by atoms with Crippen LogP contribution >= 0.6 is 11.3 Å². The van der Waals surface area contributed by atoms with Crippen molar-refractivity contribution in [3.8, 4) is 11.5 Å². The summed E-state index contributed by atoms with van der Waals surface area (Å²) in [6.07, 6.45) is -5.75. The molecule has 0 N–H and O–H groups in total. The maximum Gasteiger partial charge on any atom is 0.455 e. The summed E-state index contributed by atoms with van der Waals surface area (Å²) in [6.45, 7) is 3.93. The zero-order valence-corrected chi connectivity index (χ0v) is 20.1. The first-order valence-corrected chi connectivity index (χ1v) is 11.9. The Morgan fingerprint density at radius 1 is 1.09 bits per heavy atom. The summed E-state index contributed by atoms with van der Waals surface area (Å²) >= 11 is 1.49. The number of thiophene rings is 1. The van der Waals surface area contributed by atoms with Gasteiger partial charge in [0.05, 0.1) is 12.2 Å². The van der Waals surface area contributed by atoms with Gasteiger partial charge in [0, 0.05) is 12.5 Å². The number of ketones is 1. The molecular formula is C26H25F3O5S. The maximum atomic E-state index is 13.3. The van der Waals surface area contributed by atoms with Gasteiger partial charge in [0.1, 0.15) is 24.2 Å². The van der Waals surface area contributed by atoms with E-state index in [0.29, 0.717) is 5.56 Å². The van der Waals surface area contributed by atoms with Gasteiger partial charge in [0.15, 0.2) is 0 Å². The number of alkyl halides is 3. The van der Waals surface area contributed by atoms with E-state index < -0.39 is 29.6 Å². The van der Waals surface area contributed by atoms with Gasteiger partial charge in [0.2, 0.25) is 0 Å². The van der Waals surface area contributed by atoms with Crippen LogP contribution < -0.4 is 9.47 Å². The van der Waals surface area contributed by atoms with Crippen LogP contribution in [0.1, 0.15) is 52.9 Å². The van der Waals surface area contributed by atoms with E-state index in [1.807, 2.05) is 35.9 Å². The molecule has 0 fully saturated rings. The van der Waals surface area contributed by atoms with E-state index in [4.69, 9.17) is 14.2 Å². The molecule has 0 amide bonds. The van der Waals surface area contributed by atoms with Crippen molar-refractivity contribution < 1.29 is 37.0 Å². The van der Waals surface area contributed by atoms with Crippen LogP contribution in [0.4, 0.5) is 13.2 Å². The Morgan fingerprint density at radius 2 is 1.86 bits per heavy atom. The number of rotatable bonds is 11. The van der Waals surface area contributed by atoms with Crippen molar-refractivity contribution in [3.05, 3.63) is 81.5 Å². The number of hydrogen-bond donors (Lipinski definition) is 0. The monoisotopic (exact) mass is 506 g/mol. The summed E-state index contributed by atoms with van der Waals surface area (Å²) in [6, 6.07) is 12.7. The molecule has 1 heterocycles. The van der Waals surface area contributed by atoms with E-state index in [2.05, 4.69) is 0 Å². The number of ether oxygens (including phenoxy) is 3. The number of benzene rings is 2. The van der Waals surface area contributed by atoms with Crippen LogP contribution in [-0.2, 0) is 16.1 Å². The molecule has 0 aliphatic rings. The van der Waals surface area contributed by atoms with Crippen LogP contribution in [0.25, 0.3) is 0 Å². The summed E-state index contributed by atoms with van der Waals surface area (Å²) < 4.78 is 56.7. The normalized spacial score (nSPS) is 12.1. The fourth-order valence-electron chi connectivity index (χ4n) is 3.43. The van der Waals surface area contributed by atoms with Crippen LogP contribution in [0.15, 0.2) is 59.3 Å². The maximum absolute atomic E-state index is 13.3. The van der Waals surface area contributed by atoms with Gasteiger partial charge in [-0.3, -0.25) is 9.59 Å². The molecule has 1 aromatic heterocycles. The van der Waals surface area contributed by atoms with E-state index in [1.165, 1.54) is 23.5 Å². The van der Waals surface area contributed by atoms with E-state index in [0.717, 1.165) is 17.2 Å².